The second-order valence-electron chi connectivity index (χ2n) is 5.78. The van der Waals surface area contributed by atoms with Gasteiger partial charge in [-0.15, -0.1) is 0 Å². The van der Waals surface area contributed by atoms with Gasteiger partial charge in [0.15, 0.2) is 0 Å². The Morgan fingerprint density at radius 2 is 1.71 bits per heavy atom. The van der Waals surface area contributed by atoms with E-state index in [9.17, 15) is 0 Å². The first-order chi connectivity index (χ1) is 10.1. The molecule has 1 aliphatic heterocycles. The Labute approximate surface area is 136 Å². The van der Waals surface area contributed by atoms with Crippen molar-refractivity contribution in [2.45, 2.75) is 25.3 Å². The van der Waals surface area contributed by atoms with Crippen molar-refractivity contribution < 1.29 is 0 Å². The number of hydrogen-bond donors (Lipinski definition) is 0. The second kappa shape index (κ2) is 6.39. The lowest BCUT2D eigenvalue weighted by atomic mass is 9.93. The first kappa shape index (κ1) is 14.9. The lowest BCUT2D eigenvalue weighted by Gasteiger charge is -2.33. The standard InChI is InChI=1S/C18H19Cl2N/c1-21-8-3-2-7-18(21)14-6-4-5-13(9-14)15-10-16(19)12-17(20)11-15/h4-6,9-12,18H,2-3,7-8H2,1H3/t18-/m0/s1. The highest BCUT2D eigenvalue weighted by molar-refractivity contribution is 6.35. The first-order valence-electron chi connectivity index (χ1n) is 7.40. The summed E-state index contributed by atoms with van der Waals surface area (Å²) in [6.45, 7) is 1.18. The SMILES string of the molecule is CN1CCCC[C@H]1c1cccc(-c2cc(Cl)cc(Cl)c2)c1. The van der Waals surface area contributed by atoms with Gasteiger partial charge in [-0.2, -0.15) is 0 Å². The summed E-state index contributed by atoms with van der Waals surface area (Å²) in [4.78, 5) is 2.45. The number of rotatable bonds is 2. The summed E-state index contributed by atoms with van der Waals surface area (Å²) < 4.78 is 0. The van der Waals surface area contributed by atoms with Crippen molar-refractivity contribution in [3.63, 3.8) is 0 Å². The average molecular weight is 320 g/mol. The molecule has 0 amide bonds. The highest BCUT2D eigenvalue weighted by Crippen LogP contribution is 2.33. The van der Waals surface area contributed by atoms with Crippen LogP contribution >= 0.6 is 23.2 Å². The van der Waals surface area contributed by atoms with E-state index in [1.165, 1.54) is 36.9 Å². The van der Waals surface area contributed by atoms with Gasteiger partial charge in [-0.3, -0.25) is 4.90 Å². The van der Waals surface area contributed by atoms with E-state index in [2.05, 4.69) is 36.2 Å². The van der Waals surface area contributed by atoms with Crippen LogP contribution in [0, 0.1) is 0 Å². The summed E-state index contributed by atoms with van der Waals surface area (Å²) in [5, 5.41) is 1.36. The van der Waals surface area contributed by atoms with Crippen molar-refractivity contribution in [3.05, 3.63) is 58.1 Å². The maximum absolute atomic E-state index is 6.12. The molecule has 0 N–H and O–H groups in total. The molecule has 0 bridgehead atoms. The molecule has 1 saturated heterocycles. The molecule has 3 rings (SSSR count). The Hall–Kier alpha value is -1.02. The molecule has 2 aromatic rings. The van der Waals surface area contributed by atoms with Gasteiger partial charge in [0, 0.05) is 16.1 Å². The molecular weight excluding hydrogens is 301 g/mol. The topological polar surface area (TPSA) is 3.24 Å². The van der Waals surface area contributed by atoms with E-state index in [-0.39, 0.29) is 0 Å². The molecule has 1 nitrogen and oxygen atoms in total. The summed E-state index contributed by atoms with van der Waals surface area (Å²) in [7, 11) is 2.22. The average Bonchev–Trinajstić information content (AvgIpc) is 2.47. The zero-order valence-corrected chi connectivity index (χ0v) is 13.7. The third-order valence-corrected chi connectivity index (χ3v) is 4.67. The monoisotopic (exact) mass is 319 g/mol. The van der Waals surface area contributed by atoms with Gasteiger partial charge in [-0.1, -0.05) is 47.8 Å². The molecule has 21 heavy (non-hydrogen) atoms. The molecule has 0 unspecified atom stereocenters. The Bertz CT molecular complexity index is 619. The van der Waals surface area contributed by atoms with Crippen LogP contribution in [0.3, 0.4) is 0 Å². The number of nitrogens with zero attached hydrogens (tertiary/aromatic N) is 1. The molecule has 110 valence electrons. The number of halogens is 2. The highest BCUT2D eigenvalue weighted by Gasteiger charge is 2.20. The van der Waals surface area contributed by atoms with E-state index in [1.54, 1.807) is 6.07 Å². The number of likely N-dealkylation sites (tertiary alicyclic amines) is 1. The van der Waals surface area contributed by atoms with Crippen LogP contribution in [0.2, 0.25) is 10.0 Å². The van der Waals surface area contributed by atoms with E-state index in [1.807, 2.05) is 12.1 Å². The maximum Gasteiger partial charge on any atom is 0.0426 e. The Kier molecular flexibility index (Phi) is 4.54. The predicted molar refractivity (Wildman–Crippen MR) is 91.1 cm³/mol. The summed E-state index contributed by atoms with van der Waals surface area (Å²) in [6.07, 6.45) is 3.84. The van der Waals surface area contributed by atoms with E-state index in [4.69, 9.17) is 23.2 Å². The minimum Gasteiger partial charge on any atom is -0.299 e. The fourth-order valence-electron chi connectivity index (χ4n) is 3.14. The van der Waals surface area contributed by atoms with Crippen molar-refractivity contribution in [1.82, 2.24) is 4.90 Å². The normalized spacial score (nSPS) is 19.7. The summed E-state index contributed by atoms with van der Waals surface area (Å²) >= 11 is 12.2. The van der Waals surface area contributed by atoms with Crippen molar-refractivity contribution in [1.29, 1.82) is 0 Å². The fraction of sp³-hybridized carbons (Fsp3) is 0.333. The van der Waals surface area contributed by atoms with Crippen LogP contribution in [-0.2, 0) is 0 Å². The minimum absolute atomic E-state index is 0.522. The van der Waals surface area contributed by atoms with E-state index >= 15 is 0 Å². The maximum atomic E-state index is 6.12. The van der Waals surface area contributed by atoms with Crippen LogP contribution in [0.5, 0.6) is 0 Å². The minimum atomic E-state index is 0.522. The van der Waals surface area contributed by atoms with Crippen LogP contribution < -0.4 is 0 Å². The van der Waals surface area contributed by atoms with Gasteiger partial charge in [-0.25, -0.2) is 0 Å². The predicted octanol–water partition coefficient (Wildman–Crippen LogP) is 5.82. The van der Waals surface area contributed by atoms with Crippen molar-refractivity contribution in [2.24, 2.45) is 0 Å². The number of piperidine rings is 1. The van der Waals surface area contributed by atoms with Gasteiger partial charge in [-0.05, 0) is 67.4 Å². The molecular formula is C18H19Cl2N. The van der Waals surface area contributed by atoms with Gasteiger partial charge in [0.05, 0.1) is 0 Å². The summed E-state index contributed by atoms with van der Waals surface area (Å²) in [5.74, 6) is 0. The van der Waals surface area contributed by atoms with Gasteiger partial charge in [0.2, 0.25) is 0 Å². The smallest absolute Gasteiger partial charge is 0.0426 e. The molecule has 0 saturated carbocycles. The van der Waals surface area contributed by atoms with E-state index in [0.717, 1.165) is 5.56 Å². The largest absolute Gasteiger partial charge is 0.299 e. The van der Waals surface area contributed by atoms with Crippen LogP contribution in [0.1, 0.15) is 30.9 Å². The van der Waals surface area contributed by atoms with Gasteiger partial charge < -0.3 is 0 Å². The van der Waals surface area contributed by atoms with Crippen molar-refractivity contribution >= 4 is 23.2 Å². The molecule has 0 aliphatic carbocycles. The van der Waals surface area contributed by atoms with Crippen LogP contribution in [0.15, 0.2) is 42.5 Å². The van der Waals surface area contributed by atoms with Gasteiger partial charge >= 0.3 is 0 Å². The molecule has 0 radical (unpaired) electrons. The molecule has 3 heteroatoms. The van der Waals surface area contributed by atoms with Crippen LogP contribution in [0.25, 0.3) is 11.1 Å². The molecule has 1 heterocycles. The Balaban J connectivity index is 1.95. The second-order valence-corrected chi connectivity index (χ2v) is 6.65. The van der Waals surface area contributed by atoms with Crippen molar-refractivity contribution in [3.8, 4) is 11.1 Å². The molecule has 0 aromatic heterocycles. The van der Waals surface area contributed by atoms with E-state index in [0.29, 0.717) is 16.1 Å². The quantitative estimate of drug-likeness (QED) is 0.674. The third kappa shape index (κ3) is 3.42. The molecule has 2 aromatic carbocycles. The van der Waals surface area contributed by atoms with Crippen LogP contribution in [0.4, 0.5) is 0 Å². The Morgan fingerprint density at radius 1 is 0.952 bits per heavy atom. The first-order valence-corrected chi connectivity index (χ1v) is 8.16. The summed E-state index contributed by atoms with van der Waals surface area (Å²) in [5.41, 5.74) is 3.63. The zero-order valence-electron chi connectivity index (χ0n) is 12.2. The number of benzene rings is 2. The van der Waals surface area contributed by atoms with Crippen LogP contribution in [-0.4, -0.2) is 18.5 Å². The van der Waals surface area contributed by atoms with E-state index < -0.39 is 0 Å². The molecule has 1 fully saturated rings. The zero-order chi connectivity index (χ0) is 14.8. The lowest BCUT2D eigenvalue weighted by molar-refractivity contribution is 0.187. The molecule has 1 aliphatic rings. The van der Waals surface area contributed by atoms with Gasteiger partial charge in [0.1, 0.15) is 0 Å². The summed E-state index contributed by atoms with van der Waals surface area (Å²) in [6, 6.07) is 15.0. The highest BCUT2D eigenvalue weighted by atomic mass is 35.5. The number of hydrogen-bond acceptors (Lipinski definition) is 1. The Morgan fingerprint density at radius 3 is 2.43 bits per heavy atom. The molecule has 1 atom stereocenters. The van der Waals surface area contributed by atoms with Gasteiger partial charge in [0.25, 0.3) is 0 Å². The third-order valence-electron chi connectivity index (χ3n) is 4.24. The lowest BCUT2D eigenvalue weighted by Crippen LogP contribution is -2.29. The van der Waals surface area contributed by atoms with Crippen molar-refractivity contribution in [2.75, 3.05) is 13.6 Å². The molecule has 0 spiro atoms. The fourth-order valence-corrected chi connectivity index (χ4v) is 3.67.